The lowest BCUT2D eigenvalue weighted by molar-refractivity contribution is 0.108. The van der Waals surface area contributed by atoms with Gasteiger partial charge in [-0.25, -0.2) is 4.39 Å². The third kappa shape index (κ3) is 4.02. The number of pyridine rings is 2. The van der Waals surface area contributed by atoms with Crippen molar-refractivity contribution in [1.82, 2.24) is 30.2 Å². The SMILES string of the molecule is CC(C)c1ncccc1-c1ncc2c(N3CC4CCC(C3)N4)nc(OCC34CCCN3CCC4)nc2c1F. The Morgan fingerprint density at radius 3 is 2.61 bits per heavy atom. The van der Waals surface area contributed by atoms with Gasteiger partial charge in [-0.05, 0) is 69.7 Å². The number of piperazine rings is 1. The van der Waals surface area contributed by atoms with Gasteiger partial charge in [0.05, 0.1) is 16.6 Å². The molecule has 4 fully saturated rings. The van der Waals surface area contributed by atoms with Crippen molar-refractivity contribution in [3.8, 4) is 17.3 Å². The summed E-state index contributed by atoms with van der Waals surface area (Å²) in [5, 5.41) is 4.32. The second-order valence-corrected chi connectivity index (χ2v) is 11.9. The molecule has 2 atom stereocenters. The van der Waals surface area contributed by atoms with E-state index in [0.717, 1.165) is 63.4 Å². The van der Waals surface area contributed by atoms with Crippen molar-refractivity contribution in [3.63, 3.8) is 0 Å². The van der Waals surface area contributed by atoms with Crippen molar-refractivity contribution in [2.45, 2.75) is 75.9 Å². The van der Waals surface area contributed by atoms with Gasteiger partial charge in [-0.15, -0.1) is 0 Å². The monoisotopic (exact) mass is 517 g/mol. The van der Waals surface area contributed by atoms with E-state index in [1.807, 2.05) is 12.1 Å². The first-order valence-corrected chi connectivity index (χ1v) is 14.2. The fourth-order valence-electron chi connectivity index (χ4n) is 7.22. The largest absolute Gasteiger partial charge is 0.461 e. The molecule has 4 aliphatic rings. The molecule has 3 aromatic heterocycles. The number of anilines is 1. The van der Waals surface area contributed by atoms with Crippen LogP contribution in [0.1, 0.15) is 64.0 Å². The van der Waals surface area contributed by atoms with E-state index in [2.05, 4.69) is 43.9 Å². The van der Waals surface area contributed by atoms with Crippen molar-refractivity contribution >= 4 is 16.7 Å². The Kier molecular flexibility index (Phi) is 5.96. The number of aromatic nitrogens is 4. The number of nitrogens with zero attached hydrogens (tertiary/aromatic N) is 6. The van der Waals surface area contributed by atoms with E-state index in [4.69, 9.17) is 9.72 Å². The molecule has 0 aliphatic carbocycles. The molecule has 4 aliphatic heterocycles. The molecule has 200 valence electrons. The summed E-state index contributed by atoms with van der Waals surface area (Å²) in [5.41, 5.74) is 2.14. The number of halogens is 1. The Labute approximate surface area is 223 Å². The first-order chi connectivity index (χ1) is 18.5. The minimum atomic E-state index is -0.439. The number of ether oxygens (including phenoxy) is 1. The molecule has 2 bridgehead atoms. The van der Waals surface area contributed by atoms with Crippen molar-refractivity contribution in [1.29, 1.82) is 0 Å². The molecule has 7 heterocycles. The fraction of sp³-hybridized carbons (Fsp3) is 0.586. The number of nitrogens with one attached hydrogen (secondary N) is 1. The molecule has 7 rings (SSSR count). The van der Waals surface area contributed by atoms with E-state index in [-0.39, 0.29) is 28.7 Å². The standard InChI is InChI=1S/C29H36FN7O/c1-18(2)24-21(6-3-11-31-24)25-23(30)26-22(14-32-25)27(36-15-19-7-8-20(16-36)33-19)35-28(34-26)38-17-29-9-4-12-37(29)13-5-10-29/h3,6,11,14,18-20,33H,4-5,7-10,12-13,15-17H2,1-2H3. The number of hydrogen-bond donors (Lipinski definition) is 1. The third-order valence-electron chi connectivity index (χ3n) is 9.08. The molecular weight excluding hydrogens is 481 g/mol. The molecule has 2 unspecified atom stereocenters. The minimum absolute atomic E-state index is 0.0659. The predicted octanol–water partition coefficient (Wildman–Crippen LogP) is 4.30. The summed E-state index contributed by atoms with van der Waals surface area (Å²) >= 11 is 0. The summed E-state index contributed by atoms with van der Waals surface area (Å²) < 4.78 is 22.7. The number of rotatable bonds is 6. The summed E-state index contributed by atoms with van der Waals surface area (Å²) in [5.74, 6) is 0.425. The van der Waals surface area contributed by atoms with E-state index in [9.17, 15) is 0 Å². The predicted molar refractivity (Wildman–Crippen MR) is 145 cm³/mol. The Morgan fingerprint density at radius 2 is 1.87 bits per heavy atom. The summed E-state index contributed by atoms with van der Waals surface area (Å²) in [6, 6.07) is 4.83. The zero-order chi connectivity index (χ0) is 25.9. The topological polar surface area (TPSA) is 79.3 Å². The summed E-state index contributed by atoms with van der Waals surface area (Å²) in [4.78, 5) is 23.6. The zero-order valence-electron chi connectivity index (χ0n) is 22.3. The van der Waals surface area contributed by atoms with Gasteiger partial charge in [-0.1, -0.05) is 13.8 Å². The molecule has 0 radical (unpaired) electrons. The van der Waals surface area contributed by atoms with E-state index in [1.165, 1.54) is 12.8 Å². The van der Waals surface area contributed by atoms with Gasteiger partial charge < -0.3 is 15.0 Å². The first-order valence-electron chi connectivity index (χ1n) is 14.2. The van der Waals surface area contributed by atoms with Gasteiger partial charge in [0.1, 0.15) is 23.6 Å². The molecule has 0 saturated carbocycles. The number of hydrogen-bond acceptors (Lipinski definition) is 8. The van der Waals surface area contributed by atoms with Crippen LogP contribution in [0.25, 0.3) is 22.2 Å². The Bertz CT molecular complexity index is 1340. The van der Waals surface area contributed by atoms with Gasteiger partial charge >= 0.3 is 6.01 Å². The molecular formula is C29H36FN7O. The average Bonchev–Trinajstić information content (AvgIpc) is 3.61. The molecule has 0 spiro atoms. The van der Waals surface area contributed by atoms with Gasteiger partial charge in [0.25, 0.3) is 0 Å². The Morgan fingerprint density at radius 1 is 1.11 bits per heavy atom. The summed E-state index contributed by atoms with van der Waals surface area (Å²) in [7, 11) is 0. The molecule has 4 saturated heterocycles. The van der Waals surface area contributed by atoms with E-state index < -0.39 is 5.82 Å². The fourth-order valence-corrected chi connectivity index (χ4v) is 7.22. The van der Waals surface area contributed by atoms with E-state index in [1.54, 1.807) is 12.4 Å². The highest BCUT2D eigenvalue weighted by atomic mass is 19.1. The molecule has 0 aromatic carbocycles. The van der Waals surface area contributed by atoms with Gasteiger partial charge in [0.2, 0.25) is 0 Å². The van der Waals surface area contributed by atoms with Crippen LogP contribution < -0.4 is 15.0 Å². The van der Waals surface area contributed by atoms with Crippen LogP contribution in [0, 0.1) is 5.82 Å². The van der Waals surface area contributed by atoms with E-state index >= 15 is 4.39 Å². The lowest BCUT2D eigenvalue weighted by Gasteiger charge is -2.34. The first kappa shape index (κ1) is 24.2. The zero-order valence-corrected chi connectivity index (χ0v) is 22.3. The highest BCUT2D eigenvalue weighted by Gasteiger charge is 2.45. The van der Waals surface area contributed by atoms with Crippen LogP contribution in [0.15, 0.2) is 24.5 Å². The maximum absolute atomic E-state index is 16.4. The lowest BCUT2D eigenvalue weighted by Crippen LogP contribution is -2.51. The Balaban J connectivity index is 1.32. The second kappa shape index (κ2) is 9.38. The van der Waals surface area contributed by atoms with Crippen molar-refractivity contribution in [3.05, 3.63) is 36.0 Å². The van der Waals surface area contributed by atoms with Gasteiger partial charge in [-0.2, -0.15) is 9.97 Å². The average molecular weight is 518 g/mol. The van der Waals surface area contributed by atoms with Gasteiger partial charge in [0.15, 0.2) is 5.82 Å². The minimum Gasteiger partial charge on any atom is -0.461 e. The summed E-state index contributed by atoms with van der Waals surface area (Å²) in [6.07, 6.45) is 10.5. The van der Waals surface area contributed by atoms with E-state index in [0.29, 0.717) is 29.6 Å². The third-order valence-corrected chi connectivity index (χ3v) is 9.08. The van der Waals surface area contributed by atoms with Gasteiger partial charge in [0, 0.05) is 43.1 Å². The molecule has 8 nitrogen and oxygen atoms in total. The van der Waals surface area contributed by atoms with Crippen molar-refractivity contribution in [2.24, 2.45) is 0 Å². The molecule has 0 amide bonds. The maximum Gasteiger partial charge on any atom is 0.319 e. The van der Waals surface area contributed by atoms with Crippen LogP contribution in [0.2, 0.25) is 0 Å². The van der Waals surface area contributed by atoms with Gasteiger partial charge in [-0.3, -0.25) is 14.9 Å². The van der Waals surface area contributed by atoms with Crippen LogP contribution in [-0.2, 0) is 0 Å². The maximum atomic E-state index is 16.4. The van der Waals surface area contributed by atoms with Crippen LogP contribution in [-0.4, -0.2) is 75.2 Å². The molecule has 9 heteroatoms. The molecule has 3 aromatic rings. The van der Waals surface area contributed by atoms with Crippen LogP contribution in [0.4, 0.5) is 10.2 Å². The number of fused-ring (bicyclic) bond motifs is 4. The lowest BCUT2D eigenvalue weighted by atomic mass is 9.95. The second-order valence-electron chi connectivity index (χ2n) is 11.9. The van der Waals surface area contributed by atoms with Crippen LogP contribution in [0.5, 0.6) is 6.01 Å². The quantitative estimate of drug-likeness (QED) is 0.519. The smallest absolute Gasteiger partial charge is 0.319 e. The van der Waals surface area contributed by atoms with Crippen LogP contribution in [0.3, 0.4) is 0 Å². The Hall–Kier alpha value is -2.91. The molecule has 1 N–H and O–H groups in total. The van der Waals surface area contributed by atoms with Crippen molar-refractivity contribution in [2.75, 3.05) is 37.7 Å². The highest BCUT2D eigenvalue weighted by molar-refractivity contribution is 5.92. The summed E-state index contributed by atoms with van der Waals surface area (Å²) in [6.45, 7) is 8.60. The van der Waals surface area contributed by atoms with Crippen LogP contribution >= 0.6 is 0 Å². The van der Waals surface area contributed by atoms with Crippen molar-refractivity contribution < 1.29 is 9.13 Å². The highest BCUT2D eigenvalue weighted by Crippen LogP contribution is 2.40. The molecule has 38 heavy (non-hydrogen) atoms. The normalized spacial score (nSPS) is 24.5.